The van der Waals surface area contributed by atoms with Crippen molar-refractivity contribution in [2.75, 3.05) is 31.6 Å². The van der Waals surface area contributed by atoms with Crippen molar-refractivity contribution in [2.45, 2.75) is 39.3 Å². The van der Waals surface area contributed by atoms with Crippen LogP contribution < -0.4 is 15.5 Å². The molecule has 0 bridgehead atoms. The van der Waals surface area contributed by atoms with Crippen LogP contribution in [0, 0.1) is 0 Å². The lowest BCUT2D eigenvalue weighted by Gasteiger charge is -2.23. The second kappa shape index (κ2) is 11.1. The average Bonchev–Trinajstić information content (AvgIpc) is 2.73. The van der Waals surface area contributed by atoms with Crippen molar-refractivity contribution >= 4 is 23.0 Å². The topological polar surface area (TPSA) is 37.7 Å². The van der Waals surface area contributed by atoms with Gasteiger partial charge in [-0.1, -0.05) is 49.7 Å². The Labute approximate surface area is 174 Å². The summed E-state index contributed by atoms with van der Waals surface area (Å²) in [5, 5.41) is 7.22. The molecule has 4 nitrogen and oxygen atoms in total. The van der Waals surface area contributed by atoms with Crippen LogP contribution in [0.15, 0.2) is 48.5 Å². The third-order valence-corrected chi connectivity index (χ3v) is 5.41. The lowest BCUT2D eigenvalue weighted by Crippen LogP contribution is -3.12. The minimum Gasteiger partial charge on any atom is -0.370 e. The molecule has 0 aromatic heterocycles. The summed E-state index contributed by atoms with van der Waals surface area (Å²) in [6.45, 7) is 7.98. The van der Waals surface area contributed by atoms with Gasteiger partial charge in [0, 0.05) is 17.8 Å². The van der Waals surface area contributed by atoms with E-state index >= 15 is 0 Å². The van der Waals surface area contributed by atoms with Crippen molar-refractivity contribution in [2.24, 2.45) is 0 Å². The number of hydrogen-bond acceptors (Lipinski definition) is 2. The van der Waals surface area contributed by atoms with Crippen LogP contribution in [0.5, 0.6) is 0 Å². The summed E-state index contributed by atoms with van der Waals surface area (Å²) in [7, 11) is 0. The first-order valence-electron chi connectivity index (χ1n) is 10.4. The fourth-order valence-electron chi connectivity index (χ4n) is 3.39. The summed E-state index contributed by atoms with van der Waals surface area (Å²) in [6.07, 6.45) is 3.60. The van der Waals surface area contributed by atoms with E-state index in [4.69, 9.17) is 17.0 Å². The molecule has 28 heavy (non-hydrogen) atoms. The van der Waals surface area contributed by atoms with Gasteiger partial charge in [0.05, 0.1) is 13.2 Å². The van der Waals surface area contributed by atoms with Gasteiger partial charge in [-0.3, -0.25) is 0 Å². The number of morpholine rings is 1. The van der Waals surface area contributed by atoms with Crippen LogP contribution in [0.25, 0.3) is 0 Å². The Morgan fingerprint density at radius 2 is 1.61 bits per heavy atom. The highest BCUT2D eigenvalue weighted by Gasteiger charge is 2.13. The number of thiocarbonyl (C=S) groups is 1. The first-order chi connectivity index (χ1) is 13.7. The summed E-state index contributed by atoms with van der Waals surface area (Å²) >= 11 is 5.43. The van der Waals surface area contributed by atoms with Crippen LogP contribution in [-0.2, 0) is 24.2 Å². The standard InChI is InChI=1S/C23H31N3OS/c1-2-3-4-19-9-11-22(12-10-19)25-23(28)24-17-20-5-7-21(8-6-20)18-26-13-15-27-16-14-26/h5-12H,2-4,13-18H2,1H3,(H2,24,25,28)/p+1. The Bertz CT molecular complexity index is 725. The van der Waals surface area contributed by atoms with E-state index < -0.39 is 0 Å². The molecule has 0 aliphatic carbocycles. The SMILES string of the molecule is CCCCc1ccc(NC(=S)NCc2ccc(C[NH+]3CCOCC3)cc2)cc1. The maximum absolute atomic E-state index is 5.43. The van der Waals surface area contributed by atoms with Crippen molar-refractivity contribution in [1.82, 2.24) is 5.32 Å². The molecule has 0 atom stereocenters. The maximum atomic E-state index is 5.43. The van der Waals surface area contributed by atoms with Crippen LogP contribution in [0.4, 0.5) is 5.69 Å². The maximum Gasteiger partial charge on any atom is 0.171 e. The lowest BCUT2D eigenvalue weighted by molar-refractivity contribution is -0.921. The third-order valence-electron chi connectivity index (χ3n) is 5.16. The van der Waals surface area contributed by atoms with Gasteiger partial charge in [-0.05, 0) is 48.3 Å². The van der Waals surface area contributed by atoms with Crippen LogP contribution in [-0.4, -0.2) is 31.4 Å². The monoisotopic (exact) mass is 398 g/mol. The van der Waals surface area contributed by atoms with E-state index in [1.54, 1.807) is 4.90 Å². The summed E-state index contributed by atoms with van der Waals surface area (Å²) in [5.41, 5.74) is 5.02. The van der Waals surface area contributed by atoms with Gasteiger partial charge in [0.2, 0.25) is 0 Å². The molecule has 1 heterocycles. The Morgan fingerprint density at radius 1 is 0.964 bits per heavy atom. The molecule has 1 aliphatic heterocycles. The predicted octanol–water partition coefficient (Wildman–Crippen LogP) is 2.93. The highest BCUT2D eigenvalue weighted by atomic mass is 32.1. The van der Waals surface area contributed by atoms with Crippen molar-refractivity contribution in [3.05, 3.63) is 65.2 Å². The number of aryl methyl sites for hydroxylation is 1. The zero-order valence-corrected chi connectivity index (χ0v) is 17.6. The molecule has 3 rings (SSSR count). The first-order valence-corrected chi connectivity index (χ1v) is 10.8. The normalized spacial score (nSPS) is 14.6. The molecule has 0 radical (unpaired) electrons. The van der Waals surface area contributed by atoms with Gasteiger partial charge in [0.1, 0.15) is 19.6 Å². The average molecular weight is 399 g/mol. The molecule has 5 heteroatoms. The Hall–Kier alpha value is -1.95. The van der Waals surface area contributed by atoms with Gasteiger partial charge < -0.3 is 20.3 Å². The Morgan fingerprint density at radius 3 is 2.29 bits per heavy atom. The van der Waals surface area contributed by atoms with Crippen molar-refractivity contribution < 1.29 is 9.64 Å². The molecule has 0 spiro atoms. The van der Waals surface area contributed by atoms with E-state index in [0.717, 1.165) is 51.5 Å². The van der Waals surface area contributed by atoms with Crippen molar-refractivity contribution in [3.8, 4) is 0 Å². The molecule has 1 fully saturated rings. The van der Waals surface area contributed by atoms with E-state index in [2.05, 4.69) is 66.1 Å². The minimum absolute atomic E-state index is 0.656. The Kier molecular flexibility index (Phi) is 8.27. The number of unbranched alkanes of at least 4 members (excludes halogenated alkanes) is 1. The van der Waals surface area contributed by atoms with Crippen LogP contribution in [0.2, 0.25) is 0 Å². The van der Waals surface area contributed by atoms with Crippen LogP contribution in [0.3, 0.4) is 0 Å². The zero-order chi connectivity index (χ0) is 19.6. The van der Waals surface area contributed by atoms with Gasteiger partial charge in [-0.2, -0.15) is 0 Å². The quantitative estimate of drug-likeness (QED) is 0.598. The van der Waals surface area contributed by atoms with E-state index in [9.17, 15) is 0 Å². The minimum atomic E-state index is 0.656. The first kappa shape index (κ1) is 20.8. The van der Waals surface area contributed by atoms with E-state index in [0.29, 0.717) is 5.11 Å². The zero-order valence-electron chi connectivity index (χ0n) is 16.8. The molecular weight excluding hydrogens is 366 g/mol. The summed E-state index contributed by atoms with van der Waals surface area (Å²) in [6, 6.07) is 17.4. The number of hydrogen-bond donors (Lipinski definition) is 3. The second-order valence-corrected chi connectivity index (χ2v) is 7.87. The third kappa shape index (κ3) is 6.89. The van der Waals surface area contributed by atoms with Gasteiger partial charge in [-0.15, -0.1) is 0 Å². The van der Waals surface area contributed by atoms with Gasteiger partial charge in [-0.25, -0.2) is 0 Å². The van der Waals surface area contributed by atoms with Gasteiger partial charge in [0.25, 0.3) is 0 Å². The lowest BCUT2D eigenvalue weighted by atomic mass is 10.1. The molecule has 2 aromatic rings. The smallest absolute Gasteiger partial charge is 0.171 e. The van der Waals surface area contributed by atoms with Crippen molar-refractivity contribution in [3.63, 3.8) is 0 Å². The number of anilines is 1. The summed E-state index contributed by atoms with van der Waals surface area (Å²) in [5.74, 6) is 0. The molecule has 150 valence electrons. The number of rotatable bonds is 8. The predicted molar refractivity (Wildman–Crippen MR) is 120 cm³/mol. The molecule has 3 N–H and O–H groups in total. The highest BCUT2D eigenvalue weighted by Crippen LogP contribution is 2.12. The van der Waals surface area contributed by atoms with Crippen LogP contribution >= 0.6 is 12.2 Å². The van der Waals surface area contributed by atoms with Crippen molar-refractivity contribution in [1.29, 1.82) is 0 Å². The Balaban J connectivity index is 1.41. The van der Waals surface area contributed by atoms with E-state index in [-0.39, 0.29) is 0 Å². The summed E-state index contributed by atoms with van der Waals surface area (Å²) < 4.78 is 5.43. The van der Waals surface area contributed by atoms with Gasteiger partial charge >= 0.3 is 0 Å². The molecule has 0 amide bonds. The largest absolute Gasteiger partial charge is 0.370 e. The fraction of sp³-hybridized carbons (Fsp3) is 0.435. The van der Waals surface area contributed by atoms with E-state index in [1.165, 1.54) is 29.5 Å². The van der Waals surface area contributed by atoms with Gasteiger partial charge in [0.15, 0.2) is 5.11 Å². The molecule has 0 saturated carbocycles. The van der Waals surface area contributed by atoms with Crippen LogP contribution in [0.1, 0.15) is 36.5 Å². The summed E-state index contributed by atoms with van der Waals surface area (Å²) in [4.78, 5) is 1.60. The molecular formula is C23H32N3OS+. The highest BCUT2D eigenvalue weighted by molar-refractivity contribution is 7.80. The number of nitrogens with one attached hydrogen (secondary N) is 3. The van der Waals surface area contributed by atoms with E-state index in [1.807, 2.05) is 0 Å². The molecule has 1 aliphatic rings. The second-order valence-electron chi connectivity index (χ2n) is 7.46. The number of quaternary nitrogens is 1. The number of ether oxygens (including phenoxy) is 1. The number of benzene rings is 2. The molecule has 2 aromatic carbocycles. The molecule has 1 saturated heterocycles. The fourth-order valence-corrected chi connectivity index (χ4v) is 3.58. The molecule has 0 unspecified atom stereocenters.